The number of hydrogen-bond donors (Lipinski definition) is 0. The first-order chi connectivity index (χ1) is 6.61. The number of aromatic nitrogens is 2. The molecule has 2 heterocycles. The number of fused-ring (bicyclic) bond motifs is 1. The van der Waals surface area contributed by atoms with Crippen LogP contribution in [-0.4, -0.2) is 15.2 Å². The molecule has 0 unspecified atom stereocenters. The van der Waals surface area contributed by atoms with Crippen molar-refractivity contribution in [2.45, 2.75) is 13.8 Å². The van der Waals surface area contributed by atoms with E-state index in [0.29, 0.717) is 10.8 Å². The molecule has 0 aromatic carbocycles. The lowest BCUT2D eigenvalue weighted by molar-refractivity contribution is 0.100. The summed E-state index contributed by atoms with van der Waals surface area (Å²) in [5.74, 6) is 0.371. The van der Waals surface area contributed by atoms with Crippen molar-refractivity contribution in [1.82, 2.24) is 9.38 Å². The van der Waals surface area contributed by atoms with Gasteiger partial charge in [-0.2, -0.15) is 0 Å². The molecule has 3 nitrogen and oxygen atoms in total. The van der Waals surface area contributed by atoms with Crippen LogP contribution in [0.2, 0.25) is 5.02 Å². The van der Waals surface area contributed by atoms with Gasteiger partial charge in [-0.3, -0.25) is 9.20 Å². The molecule has 0 radical (unpaired) electrons. The molecule has 0 aliphatic rings. The second-order valence-corrected chi connectivity index (χ2v) is 3.56. The third kappa shape index (κ3) is 1.21. The van der Waals surface area contributed by atoms with Crippen molar-refractivity contribution in [2.75, 3.05) is 0 Å². The zero-order valence-electron chi connectivity index (χ0n) is 7.91. The maximum atomic E-state index is 11.3. The number of aryl methyl sites for hydroxylation is 1. The van der Waals surface area contributed by atoms with Crippen LogP contribution < -0.4 is 0 Å². The van der Waals surface area contributed by atoms with Gasteiger partial charge in [-0.15, -0.1) is 0 Å². The summed E-state index contributed by atoms with van der Waals surface area (Å²) in [6.45, 7) is 3.34. The fourth-order valence-corrected chi connectivity index (χ4v) is 1.82. The highest BCUT2D eigenvalue weighted by atomic mass is 35.5. The van der Waals surface area contributed by atoms with Crippen LogP contribution in [0.15, 0.2) is 18.3 Å². The van der Waals surface area contributed by atoms with E-state index in [0.717, 1.165) is 11.2 Å². The van der Waals surface area contributed by atoms with Crippen LogP contribution in [0.25, 0.3) is 5.52 Å². The highest BCUT2D eigenvalue weighted by molar-refractivity contribution is 6.34. The molecule has 2 aromatic rings. The number of carbonyl (C=O) groups excluding carboxylic acids is 1. The van der Waals surface area contributed by atoms with Crippen LogP contribution in [0.1, 0.15) is 23.2 Å². The van der Waals surface area contributed by atoms with Crippen LogP contribution in [0.5, 0.6) is 0 Å². The minimum atomic E-state index is -0.0598. The van der Waals surface area contributed by atoms with Gasteiger partial charge in [0, 0.05) is 13.1 Å². The van der Waals surface area contributed by atoms with Crippen molar-refractivity contribution in [3.63, 3.8) is 0 Å². The minimum absolute atomic E-state index is 0.0598. The van der Waals surface area contributed by atoms with E-state index in [9.17, 15) is 4.79 Å². The summed E-state index contributed by atoms with van der Waals surface area (Å²) in [5.41, 5.74) is 1.58. The number of Topliss-reactive ketones (excluding diaryl/α,β-unsaturated/α-hetero) is 1. The molecule has 0 fully saturated rings. The molecule has 14 heavy (non-hydrogen) atoms. The number of halogens is 1. The predicted octanol–water partition coefficient (Wildman–Crippen LogP) is 2.50. The standard InChI is InChI=1S/C10H9ClN2O/c1-6-9-8(11)4-3-5-13(9)10(12-6)7(2)14/h3-5H,1-2H3. The van der Waals surface area contributed by atoms with Gasteiger partial charge in [0.1, 0.15) is 0 Å². The third-order valence-electron chi connectivity index (χ3n) is 2.10. The molecule has 0 aliphatic carbocycles. The van der Waals surface area contributed by atoms with Crippen molar-refractivity contribution in [3.05, 3.63) is 34.9 Å². The van der Waals surface area contributed by atoms with Crippen molar-refractivity contribution in [1.29, 1.82) is 0 Å². The van der Waals surface area contributed by atoms with Gasteiger partial charge in [-0.25, -0.2) is 4.98 Å². The Labute approximate surface area is 86.3 Å². The van der Waals surface area contributed by atoms with Crippen molar-refractivity contribution in [3.8, 4) is 0 Å². The number of hydrogen-bond acceptors (Lipinski definition) is 2. The molecular formula is C10H9ClN2O. The number of nitrogens with zero attached hydrogens (tertiary/aromatic N) is 2. The van der Waals surface area contributed by atoms with Gasteiger partial charge >= 0.3 is 0 Å². The molecule has 2 aromatic heterocycles. The van der Waals surface area contributed by atoms with Crippen LogP contribution in [-0.2, 0) is 0 Å². The Morgan fingerprint density at radius 3 is 2.93 bits per heavy atom. The molecule has 0 spiro atoms. The summed E-state index contributed by atoms with van der Waals surface area (Å²) in [6, 6.07) is 3.58. The second kappa shape index (κ2) is 3.10. The molecule has 2 rings (SSSR count). The Balaban J connectivity index is 2.91. The summed E-state index contributed by atoms with van der Waals surface area (Å²) < 4.78 is 1.72. The highest BCUT2D eigenvalue weighted by Gasteiger charge is 2.12. The van der Waals surface area contributed by atoms with Gasteiger partial charge in [0.25, 0.3) is 0 Å². The predicted molar refractivity (Wildman–Crippen MR) is 54.9 cm³/mol. The van der Waals surface area contributed by atoms with Gasteiger partial charge in [-0.1, -0.05) is 11.6 Å². The van der Waals surface area contributed by atoms with Crippen LogP contribution in [0, 0.1) is 6.92 Å². The normalized spacial score (nSPS) is 10.8. The summed E-state index contributed by atoms with van der Waals surface area (Å²) in [7, 11) is 0. The quantitative estimate of drug-likeness (QED) is 0.675. The van der Waals surface area contributed by atoms with Gasteiger partial charge < -0.3 is 0 Å². The molecule has 0 bridgehead atoms. The zero-order valence-corrected chi connectivity index (χ0v) is 8.67. The first-order valence-corrected chi connectivity index (χ1v) is 4.63. The maximum Gasteiger partial charge on any atom is 0.195 e. The Morgan fingerprint density at radius 2 is 2.29 bits per heavy atom. The van der Waals surface area contributed by atoms with E-state index in [1.807, 2.05) is 6.92 Å². The molecule has 4 heteroatoms. The first kappa shape index (κ1) is 9.21. The molecule has 0 saturated heterocycles. The maximum absolute atomic E-state index is 11.3. The topological polar surface area (TPSA) is 34.4 Å². The van der Waals surface area contributed by atoms with Crippen LogP contribution in [0.4, 0.5) is 0 Å². The Kier molecular flexibility index (Phi) is 2.04. The summed E-state index contributed by atoms with van der Waals surface area (Å²) in [5, 5.41) is 0.616. The van der Waals surface area contributed by atoms with Crippen LogP contribution in [0.3, 0.4) is 0 Å². The average molecular weight is 209 g/mol. The Morgan fingerprint density at radius 1 is 1.57 bits per heavy atom. The molecular weight excluding hydrogens is 200 g/mol. The van der Waals surface area contributed by atoms with E-state index in [1.165, 1.54) is 6.92 Å². The average Bonchev–Trinajstić information content (AvgIpc) is 2.45. The lowest BCUT2D eigenvalue weighted by atomic mass is 10.3. The molecule has 0 amide bonds. The molecule has 0 saturated carbocycles. The largest absolute Gasteiger partial charge is 0.296 e. The van der Waals surface area contributed by atoms with Crippen molar-refractivity contribution >= 4 is 22.9 Å². The number of ketones is 1. The summed E-state index contributed by atoms with van der Waals surface area (Å²) in [4.78, 5) is 15.4. The van der Waals surface area contributed by atoms with Gasteiger partial charge in [0.15, 0.2) is 11.6 Å². The van der Waals surface area contributed by atoms with E-state index in [2.05, 4.69) is 4.98 Å². The Hall–Kier alpha value is -1.35. The van der Waals surface area contributed by atoms with E-state index in [4.69, 9.17) is 11.6 Å². The highest BCUT2D eigenvalue weighted by Crippen LogP contribution is 2.21. The lowest BCUT2D eigenvalue weighted by Crippen LogP contribution is -1.99. The molecule has 0 N–H and O–H groups in total. The smallest absolute Gasteiger partial charge is 0.195 e. The lowest BCUT2D eigenvalue weighted by Gasteiger charge is -1.98. The third-order valence-corrected chi connectivity index (χ3v) is 2.41. The van der Waals surface area contributed by atoms with Gasteiger partial charge in [0.05, 0.1) is 16.2 Å². The fourth-order valence-electron chi connectivity index (χ4n) is 1.52. The monoisotopic (exact) mass is 208 g/mol. The summed E-state index contributed by atoms with van der Waals surface area (Å²) >= 11 is 6.01. The summed E-state index contributed by atoms with van der Waals surface area (Å²) in [6.07, 6.45) is 1.79. The number of rotatable bonds is 1. The zero-order chi connectivity index (χ0) is 10.3. The minimum Gasteiger partial charge on any atom is -0.296 e. The van der Waals surface area contributed by atoms with E-state index in [1.54, 1.807) is 22.7 Å². The molecule has 0 aliphatic heterocycles. The molecule has 72 valence electrons. The fraction of sp³-hybridized carbons (Fsp3) is 0.200. The Bertz CT molecular complexity index is 516. The number of imidazole rings is 1. The van der Waals surface area contributed by atoms with Gasteiger partial charge in [-0.05, 0) is 19.1 Å². The van der Waals surface area contributed by atoms with E-state index in [-0.39, 0.29) is 5.78 Å². The van der Waals surface area contributed by atoms with Crippen molar-refractivity contribution in [2.24, 2.45) is 0 Å². The second-order valence-electron chi connectivity index (χ2n) is 3.15. The number of carbonyl (C=O) groups is 1. The van der Waals surface area contributed by atoms with E-state index >= 15 is 0 Å². The first-order valence-electron chi connectivity index (χ1n) is 4.25. The molecule has 0 atom stereocenters. The van der Waals surface area contributed by atoms with Crippen LogP contribution >= 0.6 is 11.6 Å². The SMILES string of the molecule is CC(=O)c1nc(C)c2c(Cl)cccn12. The number of pyridine rings is 1. The van der Waals surface area contributed by atoms with Gasteiger partial charge in [0.2, 0.25) is 0 Å². The van der Waals surface area contributed by atoms with E-state index < -0.39 is 0 Å². The van der Waals surface area contributed by atoms with Crippen molar-refractivity contribution < 1.29 is 4.79 Å².